The van der Waals surface area contributed by atoms with Gasteiger partial charge in [-0.15, -0.1) is 0 Å². The summed E-state index contributed by atoms with van der Waals surface area (Å²) in [4.78, 5) is 13.8. The Kier molecular flexibility index (Phi) is 7.26. The summed E-state index contributed by atoms with van der Waals surface area (Å²) in [6, 6.07) is 0. The van der Waals surface area contributed by atoms with E-state index in [1.807, 2.05) is 0 Å². The lowest BCUT2D eigenvalue weighted by Crippen LogP contribution is -3.14. The van der Waals surface area contributed by atoms with Gasteiger partial charge in [0, 0.05) is 26.1 Å². The fraction of sp³-hybridized carbons (Fsp3) is 0.933. The number of nitrogens with zero attached hydrogens (tertiary/aromatic N) is 1. The zero-order valence-electron chi connectivity index (χ0n) is 14.1. The molecule has 0 bridgehead atoms. The van der Waals surface area contributed by atoms with Crippen LogP contribution in [-0.4, -0.2) is 76.9 Å². The molecule has 8 heteroatoms. The van der Waals surface area contributed by atoms with E-state index in [1.54, 1.807) is 6.92 Å². The SMILES string of the molecule is CCS(=O)(=O)N1CCCC(C(=O)NCCC[NH+]2CCOCC2)C1. The van der Waals surface area contributed by atoms with Crippen molar-refractivity contribution in [2.24, 2.45) is 5.92 Å². The second kappa shape index (κ2) is 8.96. The van der Waals surface area contributed by atoms with E-state index >= 15 is 0 Å². The number of morpholine rings is 1. The van der Waals surface area contributed by atoms with Crippen LogP contribution in [0, 0.1) is 5.92 Å². The Hall–Kier alpha value is -0.700. The van der Waals surface area contributed by atoms with Crippen molar-refractivity contribution in [3.63, 3.8) is 0 Å². The molecule has 2 heterocycles. The van der Waals surface area contributed by atoms with Crippen molar-refractivity contribution >= 4 is 15.9 Å². The van der Waals surface area contributed by atoms with E-state index in [-0.39, 0.29) is 17.6 Å². The molecule has 2 aliphatic rings. The minimum Gasteiger partial charge on any atom is -0.370 e. The highest BCUT2D eigenvalue weighted by Gasteiger charge is 2.31. The van der Waals surface area contributed by atoms with Crippen molar-refractivity contribution in [2.45, 2.75) is 26.2 Å². The average molecular weight is 348 g/mol. The van der Waals surface area contributed by atoms with Crippen LogP contribution in [0.5, 0.6) is 0 Å². The maximum absolute atomic E-state index is 12.3. The summed E-state index contributed by atoms with van der Waals surface area (Å²) in [7, 11) is -3.19. The number of piperidine rings is 1. The molecule has 1 atom stereocenters. The van der Waals surface area contributed by atoms with Gasteiger partial charge in [0.2, 0.25) is 15.9 Å². The van der Waals surface area contributed by atoms with Gasteiger partial charge in [-0.25, -0.2) is 12.7 Å². The summed E-state index contributed by atoms with van der Waals surface area (Å²) < 4.78 is 30.7. The van der Waals surface area contributed by atoms with E-state index in [0.29, 0.717) is 19.6 Å². The minimum absolute atomic E-state index is 0.00187. The lowest BCUT2D eigenvalue weighted by atomic mass is 9.99. The van der Waals surface area contributed by atoms with Crippen LogP contribution >= 0.6 is 0 Å². The fourth-order valence-electron chi connectivity index (χ4n) is 3.20. The average Bonchev–Trinajstić information content (AvgIpc) is 2.59. The highest BCUT2D eigenvalue weighted by Crippen LogP contribution is 2.19. The van der Waals surface area contributed by atoms with Gasteiger partial charge in [-0.1, -0.05) is 0 Å². The number of hydrogen-bond donors (Lipinski definition) is 2. The summed E-state index contributed by atoms with van der Waals surface area (Å²) in [5.41, 5.74) is 0. The molecule has 0 radical (unpaired) electrons. The first kappa shape index (κ1) is 18.6. The Bertz CT molecular complexity index is 477. The standard InChI is InChI=1S/C15H29N3O4S/c1-2-23(20,21)18-8-3-5-14(13-18)15(19)16-6-4-7-17-9-11-22-12-10-17/h14H,2-13H2,1H3,(H,16,19)/p+1. The molecule has 0 spiro atoms. The Morgan fingerprint density at radius 3 is 2.78 bits per heavy atom. The van der Waals surface area contributed by atoms with Crippen molar-refractivity contribution in [3.05, 3.63) is 0 Å². The zero-order chi connectivity index (χ0) is 16.7. The molecule has 134 valence electrons. The lowest BCUT2D eigenvalue weighted by Gasteiger charge is -2.31. The smallest absolute Gasteiger partial charge is 0.224 e. The number of quaternary nitrogens is 1. The zero-order valence-corrected chi connectivity index (χ0v) is 14.9. The first-order valence-electron chi connectivity index (χ1n) is 8.70. The van der Waals surface area contributed by atoms with Crippen molar-refractivity contribution in [2.75, 3.05) is 58.2 Å². The van der Waals surface area contributed by atoms with Crippen LogP contribution in [-0.2, 0) is 19.6 Å². The van der Waals surface area contributed by atoms with Gasteiger partial charge in [0.1, 0.15) is 13.1 Å². The van der Waals surface area contributed by atoms with Gasteiger partial charge in [0.05, 0.1) is 31.4 Å². The normalized spacial score (nSPS) is 24.5. The summed E-state index contributed by atoms with van der Waals surface area (Å²) in [6.07, 6.45) is 2.48. The van der Waals surface area contributed by atoms with E-state index in [2.05, 4.69) is 5.32 Å². The Labute approximate surface area is 139 Å². The molecule has 2 saturated heterocycles. The molecule has 2 fully saturated rings. The van der Waals surface area contributed by atoms with Crippen molar-refractivity contribution in [1.82, 2.24) is 9.62 Å². The van der Waals surface area contributed by atoms with E-state index < -0.39 is 10.0 Å². The van der Waals surface area contributed by atoms with Crippen LogP contribution in [0.3, 0.4) is 0 Å². The van der Waals surface area contributed by atoms with Gasteiger partial charge in [-0.3, -0.25) is 4.79 Å². The van der Waals surface area contributed by atoms with E-state index in [4.69, 9.17) is 4.74 Å². The maximum Gasteiger partial charge on any atom is 0.224 e. The van der Waals surface area contributed by atoms with E-state index in [9.17, 15) is 13.2 Å². The molecule has 0 aromatic heterocycles. The van der Waals surface area contributed by atoms with E-state index in [0.717, 1.165) is 52.1 Å². The third-order valence-electron chi connectivity index (χ3n) is 4.72. The molecule has 2 N–H and O–H groups in total. The van der Waals surface area contributed by atoms with Crippen LogP contribution < -0.4 is 10.2 Å². The highest BCUT2D eigenvalue weighted by molar-refractivity contribution is 7.89. The van der Waals surface area contributed by atoms with Gasteiger partial charge in [-0.05, 0) is 19.8 Å². The van der Waals surface area contributed by atoms with Gasteiger partial charge in [0.25, 0.3) is 0 Å². The number of amides is 1. The Morgan fingerprint density at radius 1 is 1.35 bits per heavy atom. The number of sulfonamides is 1. The van der Waals surface area contributed by atoms with E-state index in [1.165, 1.54) is 9.21 Å². The highest BCUT2D eigenvalue weighted by atomic mass is 32.2. The van der Waals surface area contributed by atoms with Gasteiger partial charge in [-0.2, -0.15) is 0 Å². The summed E-state index contributed by atoms with van der Waals surface area (Å²) >= 11 is 0. The van der Waals surface area contributed by atoms with Crippen LogP contribution in [0.25, 0.3) is 0 Å². The monoisotopic (exact) mass is 348 g/mol. The Morgan fingerprint density at radius 2 is 2.09 bits per heavy atom. The van der Waals surface area contributed by atoms with Gasteiger partial charge in [0.15, 0.2) is 0 Å². The van der Waals surface area contributed by atoms with Gasteiger partial charge < -0.3 is 15.0 Å². The Balaban J connectivity index is 1.68. The third-order valence-corrected chi connectivity index (χ3v) is 6.57. The van der Waals surface area contributed by atoms with Crippen LogP contribution in [0.1, 0.15) is 26.2 Å². The summed E-state index contributed by atoms with van der Waals surface area (Å²) in [6.45, 7) is 7.97. The topological polar surface area (TPSA) is 80.2 Å². The number of hydrogen-bond acceptors (Lipinski definition) is 4. The molecule has 0 aliphatic carbocycles. The van der Waals surface area contributed by atoms with Crippen molar-refractivity contribution in [3.8, 4) is 0 Å². The molecule has 1 amide bonds. The van der Waals surface area contributed by atoms with Crippen LogP contribution in [0.15, 0.2) is 0 Å². The lowest BCUT2D eigenvalue weighted by molar-refractivity contribution is -0.908. The number of carbonyl (C=O) groups is 1. The molecule has 0 aromatic rings. The third kappa shape index (κ3) is 5.70. The molecule has 0 saturated carbocycles. The first-order chi connectivity index (χ1) is 11.0. The predicted molar refractivity (Wildman–Crippen MR) is 87.8 cm³/mol. The number of ether oxygens (including phenoxy) is 1. The second-order valence-corrected chi connectivity index (χ2v) is 8.61. The second-order valence-electron chi connectivity index (χ2n) is 6.35. The molecule has 7 nitrogen and oxygen atoms in total. The molecule has 23 heavy (non-hydrogen) atoms. The summed E-state index contributed by atoms with van der Waals surface area (Å²) in [5, 5.41) is 2.98. The number of nitrogens with one attached hydrogen (secondary N) is 2. The molecule has 1 unspecified atom stereocenters. The quantitative estimate of drug-likeness (QED) is 0.547. The predicted octanol–water partition coefficient (Wildman–Crippen LogP) is -1.53. The molecule has 2 rings (SSSR count). The largest absolute Gasteiger partial charge is 0.370 e. The molecular weight excluding hydrogens is 318 g/mol. The maximum atomic E-state index is 12.3. The van der Waals surface area contributed by atoms with Crippen LogP contribution in [0.4, 0.5) is 0 Å². The first-order valence-corrected chi connectivity index (χ1v) is 10.3. The number of carbonyl (C=O) groups excluding carboxylic acids is 1. The van der Waals surface area contributed by atoms with Crippen molar-refractivity contribution in [1.29, 1.82) is 0 Å². The summed E-state index contributed by atoms with van der Waals surface area (Å²) in [5.74, 6) is -0.109. The fourth-order valence-corrected chi connectivity index (χ4v) is 4.38. The minimum atomic E-state index is -3.19. The number of rotatable bonds is 7. The van der Waals surface area contributed by atoms with Crippen LogP contribution in [0.2, 0.25) is 0 Å². The molecule has 0 aromatic carbocycles. The van der Waals surface area contributed by atoms with Gasteiger partial charge >= 0.3 is 0 Å². The van der Waals surface area contributed by atoms with Crippen molar-refractivity contribution < 1.29 is 22.8 Å². The molecular formula is C15H30N3O4S+. The molecule has 2 aliphatic heterocycles.